The molecule has 0 aromatic heterocycles. The van der Waals surface area contributed by atoms with Crippen molar-refractivity contribution >= 4 is 5.69 Å². The normalized spacial score (nSPS) is 15.5. The molecule has 0 saturated carbocycles. The average molecular weight is 291 g/mol. The van der Waals surface area contributed by atoms with Gasteiger partial charge in [0.15, 0.2) is 0 Å². The molecule has 1 heterocycles. The van der Waals surface area contributed by atoms with Crippen molar-refractivity contribution in [2.45, 2.75) is 19.4 Å². The highest BCUT2D eigenvalue weighted by Gasteiger charge is 2.11. The molecular weight excluding hydrogens is 262 g/mol. The molecule has 0 aliphatic carbocycles. The number of anilines is 1. The maximum Gasteiger partial charge on any atom is 0.0587 e. The summed E-state index contributed by atoms with van der Waals surface area (Å²) in [7, 11) is 3.91. The smallest absolute Gasteiger partial charge is 0.0587 e. The molecule has 1 aromatic carbocycles. The molecule has 1 aliphatic heterocycles. The molecule has 0 bridgehead atoms. The molecule has 0 atom stereocenters. The van der Waals surface area contributed by atoms with Gasteiger partial charge in [-0.3, -0.25) is 0 Å². The van der Waals surface area contributed by atoms with Gasteiger partial charge in [0.1, 0.15) is 0 Å². The van der Waals surface area contributed by atoms with E-state index in [0.717, 1.165) is 26.2 Å². The van der Waals surface area contributed by atoms with E-state index in [4.69, 9.17) is 4.74 Å². The Balaban J connectivity index is 1.72. The predicted octanol–water partition coefficient (Wildman–Crippen LogP) is 1.95. The van der Waals surface area contributed by atoms with E-state index in [1.165, 1.54) is 43.7 Å². The fraction of sp³-hybridized carbons (Fsp3) is 0.647. The molecule has 1 fully saturated rings. The fourth-order valence-corrected chi connectivity index (χ4v) is 2.70. The lowest BCUT2D eigenvalue weighted by Crippen LogP contribution is -2.31. The number of likely N-dealkylation sites (tertiary alicyclic amines) is 1. The average Bonchev–Trinajstić information content (AvgIpc) is 3.03. The minimum Gasteiger partial charge on any atom is -0.383 e. The minimum atomic E-state index is 0.761. The van der Waals surface area contributed by atoms with Crippen LogP contribution >= 0.6 is 0 Å². The van der Waals surface area contributed by atoms with Crippen LogP contribution in [0.15, 0.2) is 24.3 Å². The summed E-state index contributed by atoms with van der Waals surface area (Å²) in [4.78, 5) is 4.91. The van der Waals surface area contributed by atoms with Crippen molar-refractivity contribution in [3.8, 4) is 0 Å². The van der Waals surface area contributed by atoms with Crippen LogP contribution in [0.4, 0.5) is 5.69 Å². The Morgan fingerprint density at radius 1 is 1.19 bits per heavy atom. The largest absolute Gasteiger partial charge is 0.383 e. The molecular formula is C17H29N3O. The van der Waals surface area contributed by atoms with Gasteiger partial charge in [-0.25, -0.2) is 0 Å². The van der Waals surface area contributed by atoms with Crippen LogP contribution in [-0.4, -0.2) is 58.4 Å². The Labute approximate surface area is 129 Å². The molecule has 21 heavy (non-hydrogen) atoms. The molecule has 0 unspecified atom stereocenters. The van der Waals surface area contributed by atoms with Crippen molar-refractivity contribution in [3.05, 3.63) is 29.8 Å². The lowest BCUT2D eigenvalue weighted by Gasteiger charge is -2.23. The third kappa shape index (κ3) is 5.65. The molecule has 0 radical (unpaired) electrons. The van der Waals surface area contributed by atoms with E-state index in [1.54, 1.807) is 7.11 Å². The second-order valence-corrected chi connectivity index (χ2v) is 5.81. The van der Waals surface area contributed by atoms with Gasteiger partial charge in [0.25, 0.3) is 0 Å². The quantitative estimate of drug-likeness (QED) is 0.704. The third-order valence-electron chi connectivity index (χ3n) is 4.14. The van der Waals surface area contributed by atoms with Gasteiger partial charge in [-0.1, -0.05) is 12.1 Å². The number of methoxy groups -OCH3 is 1. The van der Waals surface area contributed by atoms with Crippen LogP contribution in [0.2, 0.25) is 0 Å². The third-order valence-corrected chi connectivity index (χ3v) is 4.14. The summed E-state index contributed by atoms with van der Waals surface area (Å²) >= 11 is 0. The summed E-state index contributed by atoms with van der Waals surface area (Å²) in [6.45, 7) is 7.40. The number of hydrogen-bond acceptors (Lipinski definition) is 4. The van der Waals surface area contributed by atoms with Crippen LogP contribution < -0.4 is 10.2 Å². The molecule has 2 rings (SSSR count). The topological polar surface area (TPSA) is 27.7 Å². The van der Waals surface area contributed by atoms with Crippen LogP contribution in [0, 0.1) is 0 Å². The zero-order valence-electron chi connectivity index (χ0n) is 13.5. The van der Waals surface area contributed by atoms with Gasteiger partial charge in [-0.15, -0.1) is 0 Å². The van der Waals surface area contributed by atoms with E-state index in [9.17, 15) is 0 Å². The number of benzene rings is 1. The predicted molar refractivity (Wildman–Crippen MR) is 89.0 cm³/mol. The lowest BCUT2D eigenvalue weighted by atomic mass is 10.2. The molecule has 4 nitrogen and oxygen atoms in total. The van der Waals surface area contributed by atoms with Gasteiger partial charge in [0.05, 0.1) is 6.61 Å². The van der Waals surface area contributed by atoms with E-state index in [0.29, 0.717) is 0 Å². The van der Waals surface area contributed by atoms with Crippen molar-refractivity contribution in [1.82, 2.24) is 10.2 Å². The van der Waals surface area contributed by atoms with Crippen LogP contribution in [-0.2, 0) is 11.3 Å². The van der Waals surface area contributed by atoms with Crippen molar-refractivity contribution < 1.29 is 4.74 Å². The van der Waals surface area contributed by atoms with Gasteiger partial charge < -0.3 is 19.9 Å². The first-order valence-electron chi connectivity index (χ1n) is 8.01. The molecule has 4 heteroatoms. The summed E-state index contributed by atoms with van der Waals surface area (Å²) in [5.41, 5.74) is 2.62. The monoisotopic (exact) mass is 291 g/mol. The molecule has 1 N–H and O–H groups in total. The van der Waals surface area contributed by atoms with E-state index in [-0.39, 0.29) is 0 Å². The second kappa shape index (κ2) is 9.03. The standard InChI is InChI=1S/C17H29N3O/c1-19(12-13-20-10-3-4-11-20)17-7-5-16(6-8-17)15-18-9-14-21-2/h5-8,18H,3-4,9-15H2,1-2H3. The summed E-state index contributed by atoms with van der Waals surface area (Å²) in [5, 5.41) is 3.37. The lowest BCUT2D eigenvalue weighted by molar-refractivity contribution is 0.199. The highest BCUT2D eigenvalue weighted by molar-refractivity contribution is 5.46. The summed E-state index contributed by atoms with van der Waals surface area (Å²) in [6.07, 6.45) is 2.74. The van der Waals surface area contributed by atoms with Crippen molar-refractivity contribution in [1.29, 1.82) is 0 Å². The first-order chi connectivity index (χ1) is 10.3. The maximum atomic E-state index is 5.03. The van der Waals surface area contributed by atoms with Gasteiger partial charge >= 0.3 is 0 Å². The maximum absolute atomic E-state index is 5.03. The fourth-order valence-electron chi connectivity index (χ4n) is 2.70. The zero-order valence-corrected chi connectivity index (χ0v) is 13.5. The first kappa shape index (κ1) is 16.3. The Bertz CT molecular complexity index is 388. The molecule has 0 spiro atoms. The molecule has 1 aromatic rings. The Morgan fingerprint density at radius 2 is 1.90 bits per heavy atom. The minimum absolute atomic E-state index is 0.761. The van der Waals surface area contributed by atoms with Gasteiger partial charge in [-0.05, 0) is 43.6 Å². The highest BCUT2D eigenvalue weighted by Crippen LogP contribution is 2.14. The van der Waals surface area contributed by atoms with Crippen LogP contribution in [0.5, 0.6) is 0 Å². The Kier molecular flexibility index (Phi) is 7.00. The molecule has 1 aliphatic rings. The highest BCUT2D eigenvalue weighted by atomic mass is 16.5. The Hall–Kier alpha value is -1.10. The second-order valence-electron chi connectivity index (χ2n) is 5.81. The summed E-state index contributed by atoms with van der Waals surface area (Å²) in [5.74, 6) is 0. The summed E-state index contributed by atoms with van der Waals surface area (Å²) < 4.78 is 5.03. The van der Waals surface area contributed by atoms with E-state index < -0.39 is 0 Å². The number of hydrogen-bond donors (Lipinski definition) is 1. The van der Waals surface area contributed by atoms with Crippen LogP contribution in [0.25, 0.3) is 0 Å². The van der Waals surface area contributed by atoms with Crippen LogP contribution in [0.3, 0.4) is 0 Å². The molecule has 0 amide bonds. The number of nitrogens with zero attached hydrogens (tertiary/aromatic N) is 2. The van der Waals surface area contributed by atoms with Crippen LogP contribution in [0.1, 0.15) is 18.4 Å². The number of nitrogens with one attached hydrogen (secondary N) is 1. The number of ether oxygens (including phenoxy) is 1. The van der Waals surface area contributed by atoms with Crippen molar-refractivity contribution in [2.24, 2.45) is 0 Å². The number of rotatable bonds is 9. The summed E-state index contributed by atoms with van der Waals surface area (Å²) in [6, 6.07) is 8.86. The molecule has 1 saturated heterocycles. The van der Waals surface area contributed by atoms with E-state index in [2.05, 4.69) is 46.4 Å². The van der Waals surface area contributed by atoms with Gasteiger partial charge in [-0.2, -0.15) is 0 Å². The number of likely N-dealkylation sites (N-methyl/N-ethyl adjacent to an activating group) is 1. The van der Waals surface area contributed by atoms with Crippen molar-refractivity contribution in [2.75, 3.05) is 58.4 Å². The SMILES string of the molecule is COCCNCc1ccc(N(C)CCN2CCCC2)cc1. The molecule has 118 valence electrons. The van der Waals surface area contributed by atoms with E-state index in [1.807, 2.05) is 0 Å². The first-order valence-corrected chi connectivity index (χ1v) is 8.01. The van der Waals surface area contributed by atoms with Gasteiger partial charge in [0, 0.05) is 46.0 Å². The van der Waals surface area contributed by atoms with Gasteiger partial charge in [0.2, 0.25) is 0 Å². The van der Waals surface area contributed by atoms with E-state index >= 15 is 0 Å². The van der Waals surface area contributed by atoms with Crippen molar-refractivity contribution in [3.63, 3.8) is 0 Å². The Morgan fingerprint density at radius 3 is 2.57 bits per heavy atom. The zero-order chi connectivity index (χ0) is 14.9.